The topological polar surface area (TPSA) is 90.3 Å². The molecule has 6 rings (SSSR count). The number of imide groups is 1. The minimum absolute atomic E-state index is 0.0321. The predicted octanol–water partition coefficient (Wildman–Crippen LogP) is 4.48. The molecule has 1 aliphatic carbocycles. The van der Waals surface area contributed by atoms with Crippen molar-refractivity contribution in [3.8, 4) is 5.75 Å². The van der Waals surface area contributed by atoms with Crippen molar-refractivity contribution in [2.75, 3.05) is 13.1 Å². The van der Waals surface area contributed by atoms with E-state index >= 15 is 0 Å². The molecule has 2 N–H and O–H groups in total. The second-order valence-corrected chi connectivity index (χ2v) is 12.1. The van der Waals surface area contributed by atoms with Gasteiger partial charge in [-0.2, -0.15) is 0 Å². The van der Waals surface area contributed by atoms with Gasteiger partial charge < -0.3 is 14.8 Å². The Balaban J connectivity index is 1.23. The van der Waals surface area contributed by atoms with Crippen LogP contribution in [0.25, 0.3) is 0 Å². The second kappa shape index (κ2) is 10.8. The molecule has 8 heteroatoms. The van der Waals surface area contributed by atoms with Crippen molar-refractivity contribution in [3.63, 3.8) is 0 Å². The van der Waals surface area contributed by atoms with Crippen LogP contribution in [0, 0.1) is 31.6 Å². The van der Waals surface area contributed by atoms with E-state index in [4.69, 9.17) is 4.65 Å². The zero-order chi connectivity index (χ0) is 28.1. The fourth-order valence-corrected chi connectivity index (χ4v) is 7.70. The SMILES string of the molecule is CCC1=C2B(O)O[C@H](c3cc(C)c(O)c(C)c3)C[C@H]2[C@H]2C(=O)N(C3CCN(Cc4ccccc4)CC3)C(=O)[C@H]2C1. The van der Waals surface area contributed by atoms with Crippen LogP contribution in [-0.2, 0) is 20.8 Å². The summed E-state index contributed by atoms with van der Waals surface area (Å²) in [7, 11) is -1.10. The fraction of sp³-hybridized carbons (Fsp3) is 0.500. The minimum Gasteiger partial charge on any atom is -0.507 e. The van der Waals surface area contributed by atoms with Crippen LogP contribution in [0.1, 0.15) is 67.4 Å². The number of amides is 2. The van der Waals surface area contributed by atoms with Crippen LogP contribution in [-0.4, -0.2) is 58.0 Å². The minimum atomic E-state index is -1.10. The summed E-state index contributed by atoms with van der Waals surface area (Å²) < 4.78 is 6.14. The third-order valence-corrected chi connectivity index (χ3v) is 9.73. The summed E-state index contributed by atoms with van der Waals surface area (Å²) in [5, 5.41) is 21.5. The fourth-order valence-electron chi connectivity index (χ4n) is 7.70. The number of rotatable bonds is 5. The van der Waals surface area contributed by atoms with Gasteiger partial charge in [-0.25, -0.2) is 0 Å². The van der Waals surface area contributed by atoms with Crippen LogP contribution in [0.15, 0.2) is 53.5 Å². The second-order valence-electron chi connectivity index (χ2n) is 12.1. The van der Waals surface area contributed by atoms with Gasteiger partial charge in [-0.3, -0.25) is 19.4 Å². The Labute approximate surface area is 237 Å². The van der Waals surface area contributed by atoms with E-state index < -0.39 is 19.1 Å². The maximum Gasteiger partial charge on any atom is 0.487 e. The summed E-state index contributed by atoms with van der Waals surface area (Å²) in [6, 6.07) is 14.1. The molecule has 2 aromatic rings. The van der Waals surface area contributed by atoms with Crippen LogP contribution in [0.4, 0.5) is 0 Å². The summed E-state index contributed by atoms with van der Waals surface area (Å²) in [6.45, 7) is 8.34. The number of carbonyl (C=O) groups is 2. The first-order chi connectivity index (χ1) is 19.3. The molecule has 2 amide bonds. The molecule has 0 aromatic heterocycles. The summed E-state index contributed by atoms with van der Waals surface area (Å²) in [6.07, 6.45) is 2.92. The summed E-state index contributed by atoms with van der Waals surface area (Å²) in [5.41, 5.74) is 5.52. The Kier molecular flexibility index (Phi) is 7.36. The number of carbonyl (C=O) groups excluding carboxylic acids is 2. The Morgan fingerprint density at radius 1 is 1.00 bits per heavy atom. The van der Waals surface area contributed by atoms with Gasteiger partial charge >= 0.3 is 7.12 Å². The Hall–Kier alpha value is -2.94. The Morgan fingerprint density at radius 2 is 1.68 bits per heavy atom. The Bertz CT molecular complexity index is 1310. The molecule has 7 nitrogen and oxygen atoms in total. The predicted molar refractivity (Wildman–Crippen MR) is 153 cm³/mol. The molecular formula is C32H39BN2O5. The number of likely N-dealkylation sites (tertiary alicyclic amines) is 2. The normalized spacial score (nSPS) is 27.8. The van der Waals surface area contributed by atoms with Gasteiger partial charge in [0.05, 0.1) is 17.9 Å². The first-order valence-corrected chi connectivity index (χ1v) is 14.7. The van der Waals surface area contributed by atoms with Crippen LogP contribution in [0.2, 0.25) is 0 Å². The number of phenols is 1. The third-order valence-electron chi connectivity index (χ3n) is 9.73. The number of phenolic OH excluding ortho intramolecular Hbond substituents is 1. The van der Waals surface area contributed by atoms with Crippen molar-refractivity contribution < 1.29 is 24.4 Å². The molecule has 4 atom stereocenters. The highest BCUT2D eigenvalue weighted by Crippen LogP contribution is 2.52. The first-order valence-electron chi connectivity index (χ1n) is 14.7. The number of nitrogens with zero attached hydrogens (tertiary/aromatic N) is 2. The van der Waals surface area contributed by atoms with Gasteiger partial charge in [0.25, 0.3) is 0 Å². The number of hydrogen-bond acceptors (Lipinski definition) is 6. The number of piperidine rings is 1. The first kappa shape index (κ1) is 27.2. The standard InChI is InChI=1S/C32H39BN2O5/c1-4-22-16-26-28(25-17-27(40-33(39)29(22)25)23-14-19(2)30(36)20(3)15-23)32(38)35(31(26)37)24-10-12-34(13-11-24)18-21-8-6-5-7-9-21/h5-9,14-15,24-28,36,39H,4,10-13,16-18H2,1-3H3/t25-,26-,27-,28+/m0/s1. The highest BCUT2D eigenvalue weighted by molar-refractivity contribution is 6.53. The van der Waals surface area contributed by atoms with E-state index in [2.05, 4.69) is 29.2 Å². The molecule has 3 heterocycles. The van der Waals surface area contributed by atoms with E-state index in [0.29, 0.717) is 12.8 Å². The van der Waals surface area contributed by atoms with Crippen molar-refractivity contribution >= 4 is 18.9 Å². The van der Waals surface area contributed by atoms with E-state index in [0.717, 1.165) is 66.6 Å². The molecule has 3 fully saturated rings. The Morgan fingerprint density at radius 3 is 2.33 bits per heavy atom. The monoisotopic (exact) mass is 542 g/mol. The molecule has 3 aliphatic heterocycles. The van der Waals surface area contributed by atoms with Gasteiger partial charge in [-0.1, -0.05) is 42.8 Å². The lowest BCUT2D eigenvalue weighted by atomic mass is 9.55. The van der Waals surface area contributed by atoms with E-state index in [1.165, 1.54) is 5.56 Å². The number of benzene rings is 2. The molecule has 3 saturated heterocycles. The van der Waals surface area contributed by atoms with Gasteiger partial charge in [0.2, 0.25) is 11.8 Å². The molecular weight excluding hydrogens is 503 g/mol. The van der Waals surface area contributed by atoms with E-state index in [9.17, 15) is 19.7 Å². The molecule has 0 unspecified atom stereocenters. The molecule has 40 heavy (non-hydrogen) atoms. The number of allylic oxidation sites excluding steroid dienone is 2. The average molecular weight is 542 g/mol. The summed E-state index contributed by atoms with van der Waals surface area (Å²) in [4.78, 5) is 32.0. The molecule has 0 bridgehead atoms. The largest absolute Gasteiger partial charge is 0.507 e. The number of hydrogen-bond donors (Lipinski definition) is 2. The third kappa shape index (κ3) is 4.70. The van der Waals surface area contributed by atoms with Crippen LogP contribution in [0.3, 0.4) is 0 Å². The van der Waals surface area contributed by atoms with Crippen LogP contribution in [0.5, 0.6) is 5.75 Å². The molecule has 0 radical (unpaired) electrons. The quantitative estimate of drug-likeness (QED) is 0.428. The lowest BCUT2D eigenvalue weighted by Crippen LogP contribution is -2.48. The number of aromatic hydroxyl groups is 1. The van der Waals surface area contributed by atoms with Crippen molar-refractivity contribution in [1.82, 2.24) is 9.80 Å². The summed E-state index contributed by atoms with van der Waals surface area (Å²) in [5.74, 6) is -0.908. The van der Waals surface area contributed by atoms with Gasteiger partial charge in [0, 0.05) is 25.7 Å². The van der Waals surface area contributed by atoms with Crippen molar-refractivity contribution in [1.29, 1.82) is 0 Å². The molecule has 0 saturated carbocycles. The van der Waals surface area contributed by atoms with Gasteiger partial charge in [0.1, 0.15) is 5.75 Å². The molecule has 4 aliphatic rings. The van der Waals surface area contributed by atoms with Crippen molar-refractivity contribution in [3.05, 3.63) is 75.8 Å². The maximum atomic E-state index is 14.1. The highest BCUT2D eigenvalue weighted by atomic mass is 16.5. The smallest absolute Gasteiger partial charge is 0.487 e. The van der Waals surface area contributed by atoms with Gasteiger partial charge in [-0.15, -0.1) is 0 Å². The lowest BCUT2D eigenvalue weighted by molar-refractivity contribution is -0.144. The van der Waals surface area contributed by atoms with E-state index in [1.54, 1.807) is 4.90 Å². The summed E-state index contributed by atoms with van der Waals surface area (Å²) >= 11 is 0. The van der Waals surface area contributed by atoms with Crippen LogP contribution < -0.4 is 0 Å². The maximum absolute atomic E-state index is 14.1. The van der Waals surface area contributed by atoms with E-state index in [-0.39, 0.29) is 35.4 Å². The molecule has 0 spiro atoms. The lowest BCUT2D eigenvalue weighted by Gasteiger charge is -2.42. The van der Waals surface area contributed by atoms with Gasteiger partial charge in [-0.05, 0) is 91.7 Å². The van der Waals surface area contributed by atoms with Gasteiger partial charge in [0.15, 0.2) is 0 Å². The number of aryl methyl sites for hydroxylation is 2. The van der Waals surface area contributed by atoms with Crippen molar-refractivity contribution in [2.24, 2.45) is 17.8 Å². The zero-order valence-electron chi connectivity index (χ0n) is 23.7. The zero-order valence-corrected chi connectivity index (χ0v) is 23.7. The highest BCUT2D eigenvalue weighted by Gasteiger charge is 2.58. The van der Waals surface area contributed by atoms with Crippen molar-refractivity contribution in [2.45, 2.75) is 71.6 Å². The van der Waals surface area contributed by atoms with E-state index in [1.807, 2.05) is 39.0 Å². The molecule has 210 valence electrons. The average Bonchev–Trinajstić information content (AvgIpc) is 3.21. The molecule has 2 aromatic carbocycles. The van der Waals surface area contributed by atoms with Crippen LogP contribution >= 0.6 is 0 Å². The number of fused-ring (bicyclic) bond motifs is 3.